The third-order valence-corrected chi connectivity index (χ3v) is 13.0. The van der Waals surface area contributed by atoms with Crippen molar-refractivity contribution in [1.82, 2.24) is 24.1 Å². The molecule has 0 fully saturated rings. The van der Waals surface area contributed by atoms with E-state index in [1.54, 1.807) is 0 Å². The van der Waals surface area contributed by atoms with Crippen LogP contribution in [0, 0.1) is 5.92 Å². The lowest BCUT2D eigenvalue weighted by molar-refractivity contribution is 0.660. The normalized spacial score (nSPS) is 15.5. The zero-order valence-corrected chi connectivity index (χ0v) is 33.8. The molecule has 60 heavy (non-hydrogen) atoms. The average Bonchev–Trinajstić information content (AvgIpc) is 3.89. The molecular weight excluding hydrogens is 731 g/mol. The summed E-state index contributed by atoms with van der Waals surface area (Å²) in [4.78, 5) is 15.1. The Morgan fingerprint density at radius 3 is 1.70 bits per heavy atom. The quantitative estimate of drug-likeness (QED) is 0.175. The van der Waals surface area contributed by atoms with Crippen LogP contribution in [0.3, 0.4) is 0 Å². The summed E-state index contributed by atoms with van der Waals surface area (Å²) in [5.41, 5.74) is 15.2. The number of hydrogen-bond donors (Lipinski definition) is 0. The first-order chi connectivity index (χ1) is 29.4. The first kappa shape index (κ1) is 34.7. The highest BCUT2D eigenvalue weighted by Crippen LogP contribution is 2.51. The molecule has 1 unspecified atom stereocenters. The Balaban J connectivity index is 1.06. The number of fused-ring (bicyclic) bond motifs is 10. The van der Waals surface area contributed by atoms with E-state index in [0.717, 1.165) is 28.8 Å². The van der Waals surface area contributed by atoms with Gasteiger partial charge in [-0.15, -0.1) is 0 Å². The lowest BCUT2D eigenvalue weighted by Crippen LogP contribution is -2.15. The van der Waals surface area contributed by atoms with Crippen LogP contribution >= 0.6 is 0 Å². The maximum Gasteiger partial charge on any atom is 0.164 e. The van der Waals surface area contributed by atoms with Crippen LogP contribution in [0.15, 0.2) is 176 Å². The second kappa shape index (κ2) is 13.1. The predicted octanol–water partition coefficient (Wildman–Crippen LogP) is 13.8. The Hall–Kier alpha value is -7.37. The van der Waals surface area contributed by atoms with Crippen LogP contribution in [0.4, 0.5) is 0 Å². The molecule has 0 amide bonds. The summed E-state index contributed by atoms with van der Waals surface area (Å²) in [5, 5.41) is 5.07. The molecule has 0 bridgehead atoms. The van der Waals surface area contributed by atoms with Crippen molar-refractivity contribution in [1.29, 1.82) is 0 Å². The lowest BCUT2D eigenvalue weighted by Gasteiger charge is -2.23. The number of para-hydroxylation sites is 2. The van der Waals surface area contributed by atoms with Gasteiger partial charge in [0.25, 0.3) is 0 Å². The first-order valence-electron chi connectivity index (χ1n) is 20.9. The second-order valence-corrected chi connectivity index (χ2v) is 16.9. The number of rotatable bonds is 5. The minimum Gasteiger partial charge on any atom is -0.311 e. The highest BCUT2D eigenvalue weighted by molar-refractivity contribution is 6.24. The number of allylic oxidation sites excluding steroid dienone is 4. The minimum absolute atomic E-state index is 0.236. The molecule has 2 aliphatic carbocycles. The predicted molar refractivity (Wildman–Crippen MR) is 248 cm³/mol. The number of aromatic nitrogens is 5. The molecule has 5 heteroatoms. The highest BCUT2D eigenvalue weighted by Gasteiger charge is 2.36. The molecule has 1 atom stereocenters. The number of nitrogens with zero attached hydrogens (tertiary/aromatic N) is 5. The van der Waals surface area contributed by atoms with Crippen molar-refractivity contribution in [2.24, 2.45) is 5.92 Å². The third kappa shape index (κ3) is 5.08. The molecular formula is C55H41N5. The Morgan fingerprint density at radius 1 is 0.500 bits per heavy atom. The fourth-order valence-electron chi connectivity index (χ4n) is 10.0. The molecule has 7 aromatic carbocycles. The topological polar surface area (TPSA) is 48.5 Å². The molecule has 10 aromatic rings. The van der Waals surface area contributed by atoms with Crippen molar-refractivity contribution < 1.29 is 0 Å². The van der Waals surface area contributed by atoms with Gasteiger partial charge in [0, 0.05) is 61.0 Å². The van der Waals surface area contributed by atoms with Crippen molar-refractivity contribution in [3.8, 4) is 51.0 Å². The molecule has 3 aromatic heterocycles. The molecule has 0 N–H and O–H groups in total. The molecule has 0 saturated carbocycles. The first-order valence-corrected chi connectivity index (χ1v) is 20.9. The molecule has 5 nitrogen and oxygen atoms in total. The number of hydrogen-bond acceptors (Lipinski definition) is 3. The Labute approximate surface area is 348 Å². The van der Waals surface area contributed by atoms with Crippen LogP contribution < -0.4 is 0 Å². The highest BCUT2D eigenvalue weighted by atomic mass is 15.1. The van der Waals surface area contributed by atoms with E-state index in [1.165, 1.54) is 71.6 Å². The third-order valence-electron chi connectivity index (χ3n) is 13.0. The van der Waals surface area contributed by atoms with Gasteiger partial charge in [0.15, 0.2) is 17.5 Å². The zero-order chi connectivity index (χ0) is 40.1. The average molecular weight is 772 g/mol. The smallest absolute Gasteiger partial charge is 0.164 e. The maximum absolute atomic E-state index is 5.07. The van der Waals surface area contributed by atoms with Crippen LogP contribution in [0.25, 0.3) is 100 Å². The SMILES string of the molecule is CC1CC=CC=C1n1c2ccccc2c2ccc3c4ccccc4n(-c4ccc5c(c4)C(C)(C)c4ccc(-c6nc(-c7ccccc7)nc(-c7ccccc7)n6)cc4-5)c3c21. The van der Waals surface area contributed by atoms with Gasteiger partial charge in [-0.25, -0.2) is 15.0 Å². The summed E-state index contributed by atoms with van der Waals surface area (Å²) < 4.78 is 5.08. The molecule has 286 valence electrons. The van der Waals surface area contributed by atoms with Crippen molar-refractivity contribution >= 4 is 49.3 Å². The van der Waals surface area contributed by atoms with Gasteiger partial charge < -0.3 is 9.13 Å². The van der Waals surface area contributed by atoms with E-state index < -0.39 is 0 Å². The van der Waals surface area contributed by atoms with E-state index in [-0.39, 0.29) is 5.41 Å². The summed E-state index contributed by atoms with van der Waals surface area (Å²) in [6.45, 7) is 7.07. The van der Waals surface area contributed by atoms with Crippen molar-refractivity contribution in [2.75, 3.05) is 0 Å². The minimum atomic E-state index is -0.236. The molecule has 2 aliphatic rings. The van der Waals surface area contributed by atoms with Gasteiger partial charge >= 0.3 is 0 Å². The van der Waals surface area contributed by atoms with Gasteiger partial charge in [0.05, 0.1) is 22.1 Å². The summed E-state index contributed by atoms with van der Waals surface area (Å²) in [7, 11) is 0. The maximum atomic E-state index is 5.07. The number of benzene rings is 7. The van der Waals surface area contributed by atoms with Crippen LogP contribution in [0.5, 0.6) is 0 Å². The van der Waals surface area contributed by atoms with E-state index in [0.29, 0.717) is 23.4 Å². The second-order valence-electron chi connectivity index (χ2n) is 16.9. The van der Waals surface area contributed by atoms with Crippen molar-refractivity contribution in [3.63, 3.8) is 0 Å². The van der Waals surface area contributed by atoms with E-state index in [2.05, 4.69) is 169 Å². The Kier molecular flexibility index (Phi) is 7.55. The summed E-state index contributed by atoms with van der Waals surface area (Å²) in [5.74, 6) is 2.38. The van der Waals surface area contributed by atoms with E-state index >= 15 is 0 Å². The van der Waals surface area contributed by atoms with Crippen LogP contribution in [0.2, 0.25) is 0 Å². The largest absolute Gasteiger partial charge is 0.311 e. The monoisotopic (exact) mass is 771 g/mol. The van der Waals surface area contributed by atoms with E-state index in [9.17, 15) is 0 Å². The van der Waals surface area contributed by atoms with Gasteiger partial charge in [0.2, 0.25) is 0 Å². The Bertz CT molecular complexity index is 3380. The zero-order valence-electron chi connectivity index (χ0n) is 33.8. The molecule has 0 saturated heterocycles. The molecule has 12 rings (SSSR count). The van der Waals surface area contributed by atoms with Gasteiger partial charge in [-0.2, -0.15) is 0 Å². The van der Waals surface area contributed by atoms with Crippen LogP contribution in [-0.2, 0) is 5.41 Å². The molecule has 0 spiro atoms. The summed E-state index contributed by atoms with van der Waals surface area (Å²) in [6.07, 6.45) is 7.85. The molecule has 3 heterocycles. The van der Waals surface area contributed by atoms with E-state index in [1.807, 2.05) is 36.4 Å². The van der Waals surface area contributed by atoms with Crippen LogP contribution in [-0.4, -0.2) is 24.1 Å². The van der Waals surface area contributed by atoms with Gasteiger partial charge in [-0.05, 0) is 65.1 Å². The van der Waals surface area contributed by atoms with Crippen molar-refractivity contribution in [2.45, 2.75) is 32.6 Å². The Morgan fingerprint density at radius 2 is 1.07 bits per heavy atom. The van der Waals surface area contributed by atoms with Gasteiger partial charge in [-0.3, -0.25) is 0 Å². The fraction of sp³-hybridized carbons (Fsp3) is 0.109. The van der Waals surface area contributed by atoms with Gasteiger partial charge in [-0.1, -0.05) is 160 Å². The lowest BCUT2D eigenvalue weighted by atomic mass is 9.82. The van der Waals surface area contributed by atoms with E-state index in [4.69, 9.17) is 15.0 Å². The molecule has 0 aliphatic heterocycles. The van der Waals surface area contributed by atoms with Crippen molar-refractivity contribution in [3.05, 3.63) is 187 Å². The van der Waals surface area contributed by atoms with Gasteiger partial charge in [0.1, 0.15) is 0 Å². The summed E-state index contributed by atoms with van der Waals surface area (Å²) >= 11 is 0. The standard InChI is InChI=1S/C55H41N5/c1-34-16-10-13-23-47(34)60-49-25-15-12-22-41(49)43-30-29-42-40-21-11-14-24-48(40)59(50(42)51(43)60)38-27-28-39-44-32-37(26-31-45(44)55(2,3)46(39)33-38)54-57-52(35-17-6-4-7-18-35)56-53(58-54)36-19-8-5-9-20-36/h4-15,17-34H,16H2,1-3H3. The fourth-order valence-corrected chi connectivity index (χ4v) is 10.0. The van der Waals surface area contributed by atoms with Crippen LogP contribution in [0.1, 0.15) is 38.3 Å². The molecule has 0 radical (unpaired) electrons. The summed E-state index contributed by atoms with van der Waals surface area (Å²) in [6, 6.07) is 56.7.